The molecule has 1 aromatic rings. The quantitative estimate of drug-likeness (QED) is 0.603. The van der Waals surface area contributed by atoms with Crippen molar-refractivity contribution in [2.75, 3.05) is 19.8 Å². The topological polar surface area (TPSA) is 63.7 Å². The van der Waals surface area contributed by atoms with E-state index < -0.39 is 11.8 Å². The molecule has 1 heterocycles. The van der Waals surface area contributed by atoms with Crippen molar-refractivity contribution in [3.8, 4) is 0 Å². The van der Waals surface area contributed by atoms with Crippen molar-refractivity contribution in [2.24, 2.45) is 0 Å². The minimum Gasteiger partial charge on any atom is -0.362 e. The van der Waals surface area contributed by atoms with Crippen LogP contribution in [0.5, 0.6) is 0 Å². The summed E-state index contributed by atoms with van der Waals surface area (Å²) in [6.45, 7) is -0.659. The van der Waals surface area contributed by atoms with E-state index in [2.05, 4.69) is 0 Å². The molecule has 0 aliphatic carbocycles. The number of carbonyl (C=O) groups excluding carboxylic acids is 3. The molecule has 2 amide bonds. The van der Waals surface area contributed by atoms with Gasteiger partial charge in [-0.2, -0.15) is 0 Å². The number of morpholine rings is 1. The van der Waals surface area contributed by atoms with Crippen molar-refractivity contribution in [3.63, 3.8) is 0 Å². The normalized spacial score (nSPS) is 15.9. The van der Waals surface area contributed by atoms with Crippen LogP contribution in [0.2, 0.25) is 5.02 Å². The number of nitrogens with zero attached hydrogens (tertiary/aromatic N) is 1. The van der Waals surface area contributed by atoms with E-state index >= 15 is 0 Å². The first-order valence-electron chi connectivity index (χ1n) is 5.28. The number of amides is 2. The summed E-state index contributed by atoms with van der Waals surface area (Å²) < 4.78 is 4.76. The SMILES string of the molecule is O=C(CN1C(=O)COCC1=O)c1ccccc1Cl. The molecule has 2 rings (SSSR count). The summed E-state index contributed by atoms with van der Waals surface area (Å²) >= 11 is 5.88. The molecule has 0 unspecified atom stereocenters. The number of imide groups is 1. The third-order valence-electron chi connectivity index (χ3n) is 2.53. The van der Waals surface area contributed by atoms with Crippen LogP contribution < -0.4 is 0 Å². The second-order valence-corrected chi connectivity index (χ2v) is 4.18. The lowest BCUT2D eigenvalue weighted by Crippen LogP contribution is -2.48. The number of hydrogen-bond acceptors (Lipinski definition) is 4. The van der Waals surface area contributed by atoms with Gasteiger partial charge < -0.3 is 4.74 Å². The van der Waals surface area contributed by atoms with Gasteiger partial charge in [0, 0.05) is 5.56 Å². The standard InChI is InChI=1S/C12H10ClNO4/c13-9-4-2-1-3-8(9)10(15)5-14-11(16)6-18-7-12(14)17/h1-4H,5-7H2. The monoisotopic (exact) mass is 267 g/mol. The van der Waals surface area contributed by atoms with Gasteiger partial charge in [-0.3, -0.25) is 19.3 Å². The van der Waals surface area contributed by atoms with E-state index in [0.717, 1.165) is 4.90 Å². The van der Waals surface area contributed by atoms with E-state index in [1.165, 1.54) is 0 Å². The Morgan fingerprint density at radius 1 is 1.22 bits per heavy atom. The average molecular weight is 268 g/mol. The summed E-state index contributed by atoms with van der Waals surface area (Å²) in [6.07, 6.45) is 0. The second kappa shape index (κ2) is 5.29. The molecule has 1 aliphatic heterocycles. The Bertz CT molecular complexity index is 499. The fourth-order valence-electron chi connectivity index (χ4n) is 1.61. The molecule has 1 fully saturated rings. The first-order valence-corrected chi connectivity index (χ1v) is 5.66. The van der Waals surface area contributed by atoms with E-state index in [1.54, 1.807) is 24.3 Å². The van der Waals surface area contributed by atoms with Crippen molar-refractivity contribution in [3.05, 3.63) is 34.9 Å². The summed E-state index contributed by atoms with van der Waals surface area (Å²) in [5.41, 5.74) is 0.297. The molecule has 0 spiro atoms. The van der Waals surface area contributed by atoms with E-state index in [1.807, 2.05) is 0 Å². The minimum atomic E-state index is -0.508. The summed E-state index contributed by atoms with van der Waals surface area (Å²) in [5, 5.41) is 0.302. The molecule has 1 aromatic carbocycles. The van der Waals surface area contributed by atoms with E-state index in [-0.39, 0.29) is 25.5 Å². The number of Topliss-reactive ketones (excluding diaryl/α,β-unsaturated/α-hetero) is 1. The fourth-order valence-corrected chi connectivity index (χ4v) is 1.85. The van der Waals surface area contributed by atoms with Crippen molar-refractivity contribution in [1.29, 1.82) is 0 Å². The van der Waals surface area contributed by atoms with Crippen LogP contribution in [-0.4, -0.2) is 42.3 Å². The number of ketones is 1. The van der Waals surface area contributed by atoms with Gasteiger partial charge in [0.2, 0.25) is 0 Å². The molecular formula is C12H10ClNO4. The predicted molar refractivity (Wildman–Crippen MR) is 63.3 cm³/mol. The predicted octanol–water partition coefficient (Wildman–Crippen LogP) is 0.908. The van der Waals surface area contributed by atoms with Gasteiger partial charge in [-0.1, -0.05) is 23.7 Å². The smallest absolute Gasteiger partial charge is 0.255 e. The zero-order valence-corrected chi connectivity index (χ0v) is 10.1. The Hall–Kier alpha value is -1.72. The van der Waals surface area contributed by atoms with Crippen LogP contribution in [0.15, 0.2) is 24.3 Å². The third kappa shape index (κ3) is 2.57. The third-order valence-corrected chi connectivity index (χ3v) is 2.86. The molecule has 1 aliphatic rings. The molecule has 0 saturated carbocycles. The number of rotatable bonds is 3. The highest BCUT2D eigenvalue weighted by Crippen LogP contribution is 2.16. The van der Waals surface area contributed by atoms with Crippen LogP contribution in [0, 0.1) is 0 Å². The Labute approximate surface area is 108 Å². The van der Waals surface area contributed by atoms with Crippen molar-refractivity contribution in [2.45, 2.75) is 0 Å². The number of benzene rings is 1. The van der Waals surface area contributed by atoms with Gasteiger partial charge in [0.25, 0.3) is 11.8 Å². The lowest BCUT2D eigenvalue weighted by atomic mass is 10.1. The maximum atomic E-state index is 12.0. The maximum Gasteiger partial charge on any atom is 0.255 e. The fraction of sp³-hybridized carbons (Fsp3) is 0.250. The largest absolute Gasteiger partial charge is 0.362 e. The Kier molecular flexibility index (Phi) is 3.74. The first kappa shape index (κ1) is 12.7. The van der Waals surface area contributed by atoms with E-state index in [4.69, 9.17) is 16.3 Å². The molecule has 0 atom stereocenters. The van der Waals surface area contributed by atoms with Gasteiger partial charge in [0.15, 0.2) is 5.78 Å². The molecule has 1 saturated heterocycles. The zero-order valence-electron chi connectivity index (χ0n) is 9.39. The molecule has 94 valence electrons. The number of halogens is 1. The van der Waals surface area contributed by atoms with Gasteiger partial charge in [0.1, 0.15) is 13.2 Å². The Morgan fingerprint density at radius 3 is 2.44 bits per heavy atom. The second-order valence-electron chi connectivity index (χ2n) is 3.77. The molecule has 5 nitrogen and oxygen atoms in total. The Morgan fingerprint density at radius 2 is 1.83 bits per heavy atom. The maximum absolute atomic E-state index is 12.0. The number of ether oxygens (including phenoxy) is 1. The van der Waals surface area contributed by atoms with Gasteiger partial charge in [-0.05, 0) is 12.1 Å². The van der Waals surface area contributed by atoms with Crippen LogP contribution in [0.25, 0.3) is 0 Å². The number of hydrogen-bond donors (Lipinski definition) is 0. The molecule has 0 radical (unpaired) electrons. The van der Waals surface area contributed by atoms with Gasteiger partial charge in [-0.25, -0.2) is 0 Å². The van der Waals surface area contributed by atoms with Crippen molar-refractivity contribution >= 4 is 29.2 Å². The van der Waals surface area contributed by atoms with Crippen LogP contribution in [0.1, 0.15) is 10.4 Å². The molecule has 0 aromatic heterocycles. The Balaban J connectivity index is 2.14. The summed E-state index contributed by atoms with van der Waals surface area (Å²) in [7, 11) is 0. The summed E-state index contributed by atoms with van der Waals surface area (Å²) in [4.78, 5) is 35.8. The first-order chi connectivity index (χ1) is 8.59. The summed E-state index contributed by atoms with van der Waals surface area (Å²) in [5.74, 6) is -1.39. The highest BCUT2D eigenvalue weighted by molar-refractivity contribution is 6.34. The molecule has 18 heavy (non-hydrogen) atoms. The zero-order chi connectivity index (χ0) is 13.1. The highest BCUT2D eigenvalue weighted by Gasteiger charge is 2.29. The van der Waals surface area contributed by atoms with Gasteiger partial charge in [-0.15, -0.1) is 0 Å². The van der Waals surface area contributed by atoms with Gasteiger partial charge >= 0.3 is 0 Å². The highest BCUT2D eigenvalue weighted by atomic mass is 35.5. The van der Waals surface area contributed by atoms with Crippen LogP contribution >= 0.6 is 11.6 Å². The van der Waals surface area contributed by atoms with Crippen molar-refractivity contribution in [1.82, 2.24) is 4.90 Å². The van der Waals surface area contributed by atoms with Crippen LogP contribution in [0.4, 0.5) is 0 Å². The van der Waals surface area contributed by atoms with Crippen molar-refractivity contribution < 1.29 is 19.1 Å². The van der Waals surface area contributed by atoms with Crippen LogP contribution in [-0.2, 0) is 14.3 Å². The molecule has 6 heteroatoms. The number of carbonyl (C=O) groups is 3. The lowest BCUT2D eigenvalue weighted by molar-refractivity contribution is -0.157. The van der Waals surface area contributed by atoms with E-state index in [9.17, 15) is 14.4 Å². The average Bonchev–Trinajstić information content (AvgIpc) is 2.34. The van der Waals surface area contributed by atoms with Crippen LogP contribution in [0.3, 0.4) is 0 Å². The lowest BCUT2D eigenvalue weighted by Gasteiger charge is -2.24. The van der Waals surface area contributed by atoms with Gasteiger partial charge in [0.05, 0.1) is 11.6 Å². The molecule has 0 bridgehead atoms. The minimum absolute atomic E-state index is 0.179. The molecular weight excluding hydrogens is 258 g/mol. The van der Waals surface area contributed by atoms with E-state index in [0.29, 0.717) is 10.6 Å². The summed E-state index contributed by atoms with van der Waals surface area (Å²) in [6, 6.07) is 6.50. The molecule has 0 N–H and O–H groups in total.